The maximum atomic E-state index is 5.50. The summed E-state index contributed by atoms with van der Waals surface area (Å²) < 4.78 is 1.36. The first-order valence-corrected chi connectivity index (χ1v) is 11.7. The van der Waals surface area contributed by atoms with E-state index in [0.717, 1.165) is 17.3 Å². The highest BCUT2D eigenvalue weighted by molar-refractivity contribution is 7.80. The topological polar surface area (TPSA) is 27.3 Å². The predicted molar refractivity (Wildman–Crippen MR) is 131 cm³/mol. The molecule has 0 spiro atoms. The van der Waals surface area contributed by atoms with Crippen LogP contribution in [0.5, 0.6) is 0 Å². The summed E-state index contributed by atoms with van der Waals surface area (Å²) in [6.45, 7) is 8.26. The lowest BCUT2D eigenvalue weighted by molar-refractivity contribution is 0.192. The number of anilines is 2. The fourth-order valence-electron chi connectivity index (χ4n) is 4.20. The van der Waals surface area contributed by atoms with Crippen molar-refractivity contribution in [3.8, 4) is 0 Å². The molecule has 2 N–H and O–H groups in total. The van der Waals surface area contributed by atoms with Crippen LogP contribution in [0.2, 0.25) is 0 Å². The summed E-state index contributed by atoms with van der Waals surface area (Å²) in [4.78, 5) is 2.62. The number of likely N-dealkylation sites (tertiary alicyclic amines) is 1. The summed E-state index contributed by atoms with van der Waals surface area (Å²) in [7, 11) is 0. The summed E-state index contributed by atoms with van der Waals surface area (Å²) in [6, 6.07) is 16.6. The molecule has 3 nitrogen and oxygen atoms in total. The van der Waals surface area contributed by atoms with E-state index in [1.54, 1.807) is 0 Å². The standard InChI is InChI=1S/C24H29N3S2/c1-17(2)15-27-12-10-18(11-13-27)22-16-29-23-9-8-20(14-21(22)23)26-24(28)25-19-6-4-3-5-7-19/h3-9,14,16-18H,10-13,15H2,1-2H3,(H2,25,26,28). The molecule has 4 rings (SSSR count). The van der Waals surface area contributed by atoms with E-state index in [2.05, 4.69) is 53.0 Å². The van der Waals surface area contributed by atoms with Crippen LogP contribution in [0.25, 0.3) is 10.1 Å². The summed E-state index contributed by atoms with van der Waals surface area (Å²) in [5.41, 5.74) is 3.55. The van der Waals surface area contributed by atoms with Gasteiger partial charge in [0.25, 0.3) is 0 Å². The van der Waals surface area contributed by atoms with Crippen molar-refractivity contribution in [3.05, 3.63) is 59.5 Å². The van der Waals surface area contributed by atoms with Crippen molar-refractivity contribution in [3.63, 3.8) is 0 Å². The maximum Gasteiger partial charge on any atom is 0.175 e. The summed E-state index contributed by atoms with van der Waals surface area (Å²) in [5.74, 6) is 1.41. The Balaban J connectivity index is 1.45. The third kappa shape index (κ3) is 5.16. The van der Waals surface area contributed by atoms with Crippen LogP contribution in [-0.2, 0) is 0 Å². The second kappa shape index (κ2) is 9.24. The molecule has 0 unspecified atom stereocenters. The molecule has 0 atom stereocenters. The van der Waals surface area contributed by atoms with Gasteiger partial charge in [0.2, 0.25) is 0 Å². The third-order valence-corrected chi connectivity index (χ3v) is 6.73. The average Bonchev–Trinajstić information content (AvgIpc) is 3.12. The van der Waals surface area contributed by atoms with Crippen molar-refractivity contribution < 1.29 is 0 Å². The fraction of sp³-hybridized carbons (Fsp3) is 0.375. The Hall–Kier alpha value is -1.95. The zero-order chi connectivity index (χ0) is 20.2. The lowest BCUT2D eigenvalue weighted by atomic mass is 9.89. The van der Waals surface area contributed by atoms with Gasteiger partial charge in [-0.15, -0.1) is 11.3 Å². The van der Waals surface area contributed by atoms with Crippen molar-refractivity contribution in [1.82, 2.24) is 4.90 Å². The Morgan fingerprint density at radius 3 is 2.52 bits per heavy atom. The molecular weight excluding hydrogens is 394 g/mol. The van der Waals surface area contributed by atoms with Crippen LogP contribution in [0.1, 0.15) is 38.2 Å². The van der Waals surface area contributed by atoms with E-state index in [9.17, 15) is 0 Å². The molecule has 1 aliphatic heterocycles. The van der Waals surface area contributed by atoms with E-state index in [0.29, 0.717) is 11.0 Å². The van der Waals surface area contributed by atoms with Crippen LogP contribution in [-0.4, -0.2) is 29.6 Å². The number of para-hydroxylation sites is 1. The minimum absolute atomic E-state index is 0.620. The first-order valence-electron chi connectivity index (χ1n) is 10.4. The molecule has 2 heterocycles. The number of hydrogen-bond donors (Lipinski definition) is 2. The van der Waals surface area contributed by atoms with Gasteiger partial charge in [-0.1, -0.05) is 32.0 Å². The molecule has 29 heavy (non-hydrogen) atoms. The van der Waals surface area contributed by atoms with Gasteiger partial charge in [-0.2, -0.15) is 0 Å². The van der Waals surface area contributed by atoms with Crippen LogP contribution in [0.15, 0.2) is 53.9 Å². The lowest BCUT2D eigenvalue weighted by Crippen LogP contribution is -2.35. The van der Waals surface area contributed by atoms with Gasteiger partial charge in [-0.25, -0.2) is 0 Å². The minimum atomic E-state index is 0.620. The number of benzene rings is 2. The number of thiocarbonyl (C=S) groups is 1. The van der Waals surface area contributed by atoms with Gasteiger partial charge >= 0.3 is 0 Å². The maximum absolute atomic E-state index is 5.50. The molecule has 1 aromatic heterocycles. The van der Waals surface area contributed by atoms with E-state index < -0.39 is 0 Å². The van der Waals surface area contributed by atoms with Gasteiger partial charge in [-0.3, -0.25) is 0 Å². The molecule has 2 aromatic carbocycles. The number of nitrogens with one attached hydrogen (secondary N) is 2. The average molecular weight is 424 g/mol. The third-order valence-electron chi connectivity index (χ3n) is 5.54. The Kier molecular flexibility index (Phi) is 6.48. The Labute approximate surface area is 183 Å². The molecule has 0 saturated carbocycles. The second-order valence-corrected chi connectivity index (χ2v) is 9.64. The minimum Gasteiger partial charge on any atom is -0.332 e. The van der Waals surface area contributed by atoms with Crippen molar-refractivity contribution in [2.45, 2.75) is 32.6 Å². The van der Waals surface area contributed by atoms with Crippen molar-refractivity contribution in [2.75, 3.05) is 30.3 Å². The molecule has 5 heteroatoms. The highest BCUT2D eigenvalue weighted by atomic mass is 32.1. The van der Waals surface area contributed by atoms with Gasteiger partial charge in [0.15, 0.2) is 5.11 Å². The molecule has 1 saturated heterocycles. The van der Waals surface area contributed by atoms with Crippen LogP contribution in [0.4, 0.5) is 11.4 Å². The molecule has 1 fully saturated rings. The monoisotopic (exact) mass is 423 g/mol. The van der Waals surface area contributed by atoms with Gasteiger partial charge in [0, 0.05) is 22.6 Å². The van der Waals surface area contributed by atoms with Crippen molar-refractivity contribution >= 4 is 50.1 Å². The summed E-state index contributed by atoms with van der Waals surface area (Å²) in [6.07, 6.45) is 2.51. The fourth-order valence-corrected chi connectivity index (χ4v) is 5.46. The van der Waals surface area contributed by atoms with E-state index in [-0.39, 0.29) is 0 Å². The number of nitrogens with zero attached hydrogens (tertiary/aromatic N) is 1. The van der Waals surface area contributed by atoms with Gasteiger partial charge < -0.3 is 15.5 Å². The van der Waals surface area contributed by atoms with E-state index in [4.69, 9.17) is 12.2 Å². The number of fused-ring (bicyclic) bond motifs is 1. The van der Waals surface area contributed by atoms with Gasteiger partial charge in [0.1, 0.15) is 0 Å². The van der Waals surface area contributed by atoms with Gasteiger partial charge in [0.05, 0.1) is 0 Å². The van der Waals surface area contributed by atoms with Crippen molar-refractivity contribution in [2.24, 2.45) is 5.92 Å². The predicted octanol–water partition coefficient (Wildman–Crippen LogP) is 6.55. The van der Waals surface area contributed by atoms with E-state index in [1.165, 1.54) is 48.1 Å². The highest BCUT2D eigenvalue weighted by Crippen LogP contribution is 2.38. The SMILES string of the molecule is CC(C)CN1CCC(c2csc3ccc(NC(=S)Nc4ccccc4)cc23)CC1. The molecule has 152 valence electrons. The molecule has 0 amide bonds. The van der Waals surface area contributed by atoms with Gasteiger partial charge in [-0.05, 0) is 96.6 Å². The van der Waals surface area contributed by atoms with E-state index in [1.807, 2.05) is 41.7 Å². The van der Waals surface area contributed by atoms with Crippen LogP contribution < -0.4 is 10.6 Å². The first kappa shape index (κ1) is 20.3. The van der Waals surface area contributed by atoms with Crippen LogP contribution >= 0.6 is 23.6 Å². The smallest absolute Gasteiger partial charge is 0.175 e. The molecular formula is C24H29N3S2. The number of piperidine rings is 1. The molecule has 3 aromatic rings. The largest absolute Gasteiger partial charge is 0.332 e. The van der Waals surface area contributed by atoms with Crippen LogP contribution in [0.3, 0.4) is 0 Å². The quantitative estimate of drug-likeness (QED) is 0.455. The summed E-state index contributed by atoms with van der Waals surface area (Å²) in [5, 5.41) is 11.0. The van der Waals surface area contributed by atoms with Crippen LogP contribution in [0, 0.1) is 5.92 Å². The normalized spacial score (nSPS) is 15.7. The molecule has 0 radical (unpaired) electrons. The van der Waals surface area contributed by atoms with E-state index >= 15 is 0 Å². The number of rotatable bonds is 5. The summed E-state index contributed by atoms with van der Waals surface area (Å²) >= 11 is 7.36. The zero-order valence-electron chi connectivity index (χ0n) is 17.2. The van der Waals surface area contributed by atoms with Crippen molar-refractivity contribution in [1.29, 1.82) is 0 Å². The molecule has 0 aliphatic carbocycles. The molecule has 1 aliphatic rings. The Bertz CT molecular complexity index is 957. The Morgan fingerprint density at radius 1 is 1.07 bits per heavy atom. The Morgan fingerprint density at radius 2 is 1.79 bits per heavy atom. The second-order valence-electron chi connectivity index (χ2n) is 8.32. The number of hydrogen-bond acceptors (Lipinski definition) is 3. The lowest BCUT2D eigenvalue weighted by Gasteiger charge is -2.33. The molecule has 0 bridgehead atoms. The number of thiophene rings is 1. The highest BCUT2D eigenvalue weighted by Gasteiger charge is 2.23. The zero-order valence-corrected chi connectivity index (χ0v) is 18.8. The first-order chi connectivity index (χ1) is 14.1.